The predicted molar refractivity (Wildman–Crippen MR) is 116 cm³/mol. The number of rotatable bonds is 5. The van der Waals surface area contributed by atoms with Gasteiger partial charge in [0.15, 0.2) is 0 Å². The van der Waals surface area contributed by atoms with Crippen LogP contribution in [0.3, 0.4) is 0 Å². The van der Waals surface area contributed by atoms with Crippen LogP contribution in [-0.2, 0) is 6.42 Å². The molecule has 0 unspecified atom stereocenters. The minimum Gasteiger partial charge on any atom is -0.317 e. The highest BCUT2D eigenvalue weighted by atomic mass is 35.5. The van der Waals surface area contributed by atoms with Crippen LogP contribution in [0.5, 0.6) is 0 Å². The molecule has 0 saturated heterocycles. The van der Waals surface area contributed by atoms with E-state index in [1.165, 1.54) is 16.8 Å². The number of hydrogen-bond acceptors (Lipinski definition) is 2. The third-order valence-corrected chi connectivity index (χ3v) is 5.21. The van der Waals surface area contributed by atoms with Gasteiger partial charge in [-0.25, -0.2) is 5.43 Å². The lowest BCUT2D eigenvalue weighted by atomic mass is 10.1. The molecule has 3 rings (SSSR count). The summed E-state index contributed by atoms with van der Waals surface area (Å²) in [6.45, 7) is 8.44. The Morgan fingerprint density at radius 1 is 1.14 bits per heavy atom. The molecule has 0 saturated carbocycles. The number of carbonyl (C=O) groups excluding carboxylic acids is 1. The Morgan fingerprint density at radius 2 is 1.89 bits per heavy atom. The second kappa shape index (κ2) is 8.44. The highest BCUT2D eigenvalue weighted by Crippen LogP contribution is 2.26. The van der Waals surface area contributed by atoms with Crippen LogP contribution in [0.15, 0.2) is 53.6 Å². The molecule has 0 bridgehead atoms. The van der Waals surface area contributed by atoms with Crippen LogP contribution in [0.1, 0.15) is 45.4 Å². The van der Waals surface area contributed by atoms with Crippen molar-refractivity contribution in [3.63, 3.8) is 0 Å². The van der Waals surface area contributed by atoms with Crippen LogP contribution in [-0.4, -0.2) is 16.7 Å². The molecule has 4 nitrogen and oxygen atoms in total. The van der Waals surface area contributed by atoms with Crippen LogP contribution < -0.4 is 5.43 Å². The standard InChI is InChI=1S/C23H24ClN3O/c1-5-18-10-8-9-15(2)22(18)27-16(3)13-19(17(27)4)14-25-26-23(28)20-11-6-7-12-21(20)24/h6-14H,5H2,1-4H3,(H,26,28)/b25-14-. The van der Waals surface area contributed by atoms with E-state index in [2.05, 4.69) is 67.1 Å². The molecule has 0 spiro atoms. The number of benzene rings is 2. The Bertz CT molecular complexity index is 1050. The summed E-state index contributed by atoms with van der Waals surface area (Å²) < 4.78 is 2.26. The predicted octanol–water partition coefficient (Wildman–Crippen LogP) is 5.38. The number of carbonyl (C=O) groups is 1. The quantitative estimate of drug-likeness (QED) is 0.459. The van der Waals surface area contributed by atoms with Crippen molar-refractivity contribution in [2.24, 2.45) is 5.10 Å². The number of amides is 1. The van der Waals surface area contributed by atoms with Crippen LogP contribution >= 0.6 is 11.6 Å². The fourth-order valence-electron chi connectivity index (χ4n) is 3.45. The van der Waals surface area contributed by atoms with E-state index in [1.807, 2.05) is 0 Å². The fraction of sp³-hybridized carbons (Fsp3) is 0.217. The zero-order valence-electron chi connectivity index (χ0n) is 16.6. The fourth-order valence-corrected chi connectivity index (χ4v) is 3.67. The summed E-state index contributed by atoms with van der Waals surface area (Å²) in [4.78, 5) is 12.2. The average Bonchev–Trinajstić information content (AvgIpc) is 2.95. The Balaban J connectivity index is 1.88. The lowest BCUT2D eigenvalue weighted by Crippen LogP contribution is -2.18. The van der Waals surface area contributed by atoms with Crippen molar-refractivity contribution < 1.29 is 4.79 Å². The van der Waals surface area contributed by atoms with Gasteiger partial charge in [0.25, 0.3) is 5.91 Å². The molecule has 28 heavy (non-hydrogen) atoms. The van der Waals surface area contributed by atoms with Gasteiger partial charge in [0.05, 0.1) is 22.5 Å². The molecule has 0 radical (unpaired) electrons. The minimum absolute atomic E-state index is 0.331. The maximum atomic E-state index is 12.2. The molecular formula is C23H24ClN3O. The number of nitrogens with zero attached hydrogens (tertiary/aromatic N) is 2. The SMILES string of the molecule is CCc1cccc(C)c1-n1c(C)cc(/C=N\NC(=O)c2ccccc2Cl)c1C. The van der Waals surface area contributed by atoms with Gasteiger partial charge in [0, 0.05) is 17.0 Å². The molecule has 1 N–H and O–H groups in total. The van der Waals surface area contributed by atoms with Crippen molar-refractivity contribution in [2.45, 2.75) is 34.1 Å². The molecule has 2 aromatic carbocycles. The topological polar surface area (TPSA) is 46.4 Å². The van der Waals surface area contributed by atoms with Crippen molar-refractivity contribution in [3.05, 3.63) is 87.2 Å². The van der Waals surface area contributed by atoms with Crippen LogP contribution in [0.4, 0.5) is 0 Å². The molecule has 5 heteroatoms. The summed E-state index contributed by atoms with van der Waals surface area (Å²) in [5.41, 5.74) is 9.88. The van der Waals surface area contributed by atoms with Crippen LogP contribution in [0, 0.1) is 20.8 Å². The second-order valence-corrected chi connectivity index (χ2v) is 7.18. The van der Waals surface area contributed by atoms with E-state index < -0.39 is 0 Å². The molecule has 3 aromatic rings. The maximum absolute atomic E-state index is 12.2. The van der Waals surface area contributed by atoms with Crippen molar-refractivity contribution in [1.82, 2.24) is 9.99 Å². The zero-order valence-corrected chi connectivity index (χ0v) is 17.3. The Morgan fingerprint density at radius 3 is 2.61 bits per heavy atom. The van der Waals surface area contributed by atoms with E-state index in [0.29, 0.717) is 10.6 Å². The van der Waals surface area contributed by atoms with Gasteiger partial charge in [-0.05, 0) is 56.5 Å². The number of aromatic nitrogens is 1. The first-order valence-electron chi connectivity index (χ1n) is 9.29. The number of para-hydroxylation sites is 1. The lowest BCUT2D eigenvalue weighted by Gasteiger charge is -2.17. The van der Waals surface area contributed by atoms with Crippen molar-refractivity contribution in [2.75, 3.05) is 0 Å². The van der Waals surface area contributed by atoms with Gasteiger partial charge in [-0.3, -0.25) is 4.79 Å². The Labute approximate surface area is 170 Å². The summed E-state index contributed by atoms with van der Waals surface area (Å²) >= 11 is 6.06. The van der Waals surface area contributed by atoms with Gasteiger partial charge in [-0.15, -0.1) is 0 Å². The summed E-state index contributed by atoms with van der Waals surface area (Å²) in [5, 5.41) is 4.54. The summed E-state index contributed by atoms with van der Waals surface area (Å²) in [5.74, 6) is -0.331. The molecule has 1 heterocycles. The Hall–Kier alpha value is -2.85. The first-order chi connectivity index (χ1) is 13.4. The summed E-state index contributed by atoms with van der Waals surface area (Å²) in [6.07, 6.45) is 2.64. The van der Waals surface area contributed by atoms with Crippen LogP contribution in [0.2, 0.25) is 5.02 Å². The lowest BCUT2D eigenvalue weighted by molar-refractivity contribution is 0.0955. The minimum atomic E-state index is -0.331. The summed E-state index contributed by atoms with van der Waals surface area (Å²) in [7, 11) is 0. The smallest absolute Gasteiger partial charge is 0.272 e. The van der Waals surface area contributed by atoms with Gasteiger partial charge < -0.3 is 4.57 Å². The molecule has 1 amide bonds. The molecule has 0 atom stereocenters. The molecule has 0 aliphatic carbocycles. The number of nitrogens with one attached hydrogen (secondary N) is 1. The number of aryl methyl sites for hydroxylation is 3. The Kier molecular flexibility index (Phi) is 6.00. The van der Waals surface area contributed by atoms with Crippen molar-refractivity contribution in [3.8, 4) is 5.69 Å². The highest BCUT2D eigenvalue weighted by Gasteiger charge is 2.14. The first kappa shape index (κ1) is 19.9. The number of halogens is 1. The van der Waals surface area contributed by atoms with Gasteiger partial charge in [-0.1, -0.05) is 48.9 Å². The summed E-state index contributed by atoms with van der Waals surface area (Å²) in [6, 6.07) is 15.4. The number of hydrogen-bond donors (Lipinski definition) is 1. The molecule has 0 aliphatic rings. The van der Waals surface area contributed by atoms with Crippen LogP contribution in [0.25, 0.3) is 5.69 Å². The second-order valence-electron chi connectivity index (χ2n) is 6.78. The van der Waals surface area contributed by atoms with Gasteiger partial charge in [0.1, 0.15) is 0 Å². The van der Waals surface area contributed by atoms with E-state index in [1.54, 1.807) is 30.5 Å². The maximum Gasteiger partial charge on any atom is 0.272 e. The average molecular weight is 394 g/mol. The zero-order chi connectivity index (χ0) is 20.3. The highest BCUT2D eigenvalue weighted by molar-refractivity contribution is 6.33. The van der Waals surface area contributed by atoms with Crippen molar-refractivity contribution in [1.29, 1.82) is 0 Å². The molecule has 0 fully saturated rings. The van der Waals surface area contributed by atoms with E-state index in [0.717, 1.165) is 23.4 Å². The molecular weight excluding hydrogens is 370 g/mol. The third kappa shape index (κ3) is 3.87. The van der Waals surface area contributed by atoms with Crippen molar-refractivity contribution >= 4 is 23.7 Å². The van der Waals surface area contributed by atoms with Gasteiger partial charge >= 0.3 is 0 Å². The van der Waals surface area contributed by atoms with E-state index in [9.17, 15) is 4.79 Å². The normalized spacial score (nSPS) is 11.2. The first-order valence-corrected chi connectivity index (χ1v) is 9.67. The van der Waals surface area contributed by atoms with Gasteiger partial charge in [-0.2, -0.15) is 5.10 Å². The molecule has 0 aliphatic heterocycles. The molecule has 1 aromatic heterocycles. The largest absolute Gasteiger partial charge is 0.317 e. The van der Waals surface area contributed by atoms with E-state index >= 15 is 0 Å². The van der Waals surface area contributed by atoms with Gasteiger partial charge in [0.2, 0.25) is 0 Å². The van der Waals surface area contributed by atoms with E-state index in [-0.39, 0.29) is 5.91 Å². The van der Waals surface area contributed by atoms with E-state index in [4.69, 9.17) is 11.6 Å². The number of hydrazone groups is 1. The molecule has 144 valence electrons. The monoisotopic (exact) mass is 393 g/mol. The third-order valence-electron chi connectivity index (χ3n) is 4.88.